The van der Waals surface area contributed by atoms with Crippen LogP contribution in [0.4, 0.5) is 0 Å². The van der Waals surface area contributed by atoms with Gasteiger partial charge in [0.2, 0.25) is 0 Å². The van der Waals surface area contributed by atoms with Crippen LogP contribution in [0.1, 0.15) is 24.7 Å². The van der Waals surface area contributed by atoms with Crippen molar-refractivity contribution >= 4 is 10.0 Å². The normalized spacial score (nSPS) is 20.6. The Morgan fingerprint density at radius 3 is 2.70 bits per heavy atom. The molecule has 0 aliphatic carbocycles. The van der Waals surface area contributed by atoms with Crippen LogP contribution < -0.4 is 0 Å². The van der Waals surface area contributed by atoms with E-state index in [1.807, 2.05) is 7.05 Å². The second-order valence-corrected chi connectivity index (χ2v) is 6.79. The summed E-state index contributed by atoms with van der Waals surface area (Å²) in [5, 5.41) is 7.95. The maximum Gasteiger partial charge on any atom is 0.262 e. The molecule has 0 radical (unpaired) electrons. The van der Waals surface area contributed by atoms with E-state index < -0.39 is 10.0 Å². The van der Waals surface area contributed by atoms with E-state index in [4.69, 9.17) is 0 Å². The molecule has 0 N–H and O–H groups in total. The molecular weight excluding hydrogens is 280 g/mol. The standard InChI is InChI=1S/C11H16N6O2S/c1-15-6-10(12-7-15)20(18,19)17-5-3-4-9(17)11-14-13-8-16(11)2/h6-9H,3-5H2,1-2H3. The highest BCUT2D eigenvalue weighted by atomic mass is 32.2. The van der Waals surface area contributed by atoms with Crippen LogP contribution in [0.2, 0.25) is 0 Å². The lowest BCUT2D eigenvalue weighted by Crippen LogP contribution is -2.32. The molecule has 108 valence electrons. The number of aromatic nitrogens is 5. The highest BCUT2D eigenvalue weighted by Crippen LogP contribution is 2.34. The number of imidazole rings is 1. The lowest BCUT2D eigenvalue weighted by molar-refractivity contribution is 0.375. The molecule has 20 heavy (non-hydrogen) atoms. The summed E-state index contributed by atoms with van der Waals surface area (Å²) >= 11 is 0. The molecule has 3 heterocycles. The van der Waals surface area contributed by atoms with Gasteiger partial charge in [-0.3, -0.25) is 0 Å². The van der Waals surface area contributed by atoms with Crippen molar-refractivity contribution in [1.29, 1.82) is 0 Å². The van der Waals surface area contributed by atoms with Crippen LogP contribution in [-0.4, -0.2) is 43.6 Å². The summed E-state index contributed by atoms with van der Waals surface area (Å²) in [6, 6.07) is -0.269. The van der Waals surface area contributed by atoms with E-state index in [1.165, 1.54) is 16.8 Å². The number of aryl methyl sites for hydroxylation is 2. The van der Waals surface area contributed by atoms with Gasteiger partial charge in [-0.1, -0.05) is 0 Å². The Morgan fingerprint density at radius 1 is 1.30 bits per heavy atom. The molecule has 0 amide bonds. The van der Waals surface area contributed by atoms with E-state index in [2.05, 4.69) is 15.2 Å². The van der Waals surface area contributed by atoms with Crippen molar-refractivity contribution in [1.82, 2.24) is 28.6 Å². The minimum absolute atomic E-state index is 0.0778. The molecular formula is C11H16N6O2S. The molecule has 9 heteroatoms. The Labute approximate surface area is 117 Å². The van der Waals surface area contributed by atoms with Gasteiger partial charge in [-0.25, -0.2) is 13.4 Å². The van der Waals surface area contributed by atoms with Crippen molar-refractivity contribution in [3.8, 4) is 0 Å². The van der Waals surface area contributed by atoms with Crippen LogP contribution in [0, 0.1) is 0 Å². The SMILES string of the molecule is Cn1cnc(S(=O)(=O)N2CCCC2c2nncn2C)c1. The smallest absolute Gasteiger partial charge is 0.262 e. The second kappa shape index (κ2) is 4.67. The molecule has 1 fully saturated rings. The van der Waals surface area contributed by atoms with Crippen LogP contribution >= 0.6 is 0 Å². The second-order valence-electron chi connectivity index (χ2n) is 4.95. The maximum absolute atomic E-state index is 12.7. The van der Waals surface area contributed by atoms with Crippen molar-refractivity contribution in [3.63, 3.8) is 0 Å². The topological polar surface area (TPSA) is 85.9 Å². The fraction of sp³-hybridized carbons (Fsp3) is 0.545. The van der Waals surface area contributed by atoms with Gasteiger partial charge in [0.15, 0.2) is 10.9 Å². The minimum Gasteiger partial charge on any atom is -0.339 e. The Morgan fingerprint density at radius 2 is 2.10 bits per heavy atom. The Bertz CT molecular complexity index is 719. The van der Waals surface area contributed by atoms with E-state index in [0.717, 1.165) is 12.8 Å². The molecule has 0 spiro atoms. The van der Waals surface area contributed by atoms with Crippen LogP contribution in [0.15, 0.2) is 23.9 Å². The first-order valence-electron chi connectivity index (χ1n) is 6.34. The zero-order valence-electron chi connectivity index (χ0n) is 11.3. The van der Waals surface area contributed by atoms with E-state index in [9.17, 15) is 8.42 Å². The van der Waals surface area contributed by atoms with Gasteiger partial charge >= 0.3 is 0 Å². The highest BCUT2D eigenvalue weighted by molar-refractivity contribution is 7.89. The van der Waals surface area contributed by atoms with E-state index in [0.29, 0.717) is 12.4 Å². The number of hydrogen-bond donors (Lipinski definition) is 0. The van der Waals surface area contributed by atoms with Crippen LogP contribution in [0.25, 0.3) is 0 Å². The molecule has 1 aliphatic heterocycles. The Kier molecular flexibility index (Phi) is 3.09. The van der Waals surface area contributed by atoms with E-state index in [1.54, 1.807) is 22.5 Å². The monoisotopic (exact) mass is 296 g/mol. The van der Waals surface area contributed by atoms with Gasteiger partial charge in [-0.2, -0.15) is 4.31 Å². The third-order valence-electron chi connectivity index (χ3n) is 3.50. The molecule has 0 saturated carbocycles. The molecule has 8 nitrogen and oxygen atoms in total. The molecule has 1 atom stereocenters. The number of hydrogen-bond acceptors (Lipinski definition) is 5. The average molecular weight is 296 g/mol. The maximum atomic E-state index is 12.7. The van der Waals surface area contributed by atoms with Crippen molar-refractivity contribution in [2.75, 3.05) is 6.54 Å². The van der Waals surface area contributed by atoms with Gasteiger partial charge in [-0.05, 0) is 12.8 Å². The van der Waals surface area contributed by atoms with Crippen LogP contribution in [0.3, 0.4) is 0 Å². The summed E-state index contributed by atoms with van der Waals surface area (Å²) < 4.78 is 30.2. The van der Waals surface area contributed by atoms with E-state index in [-0.39, 0.29) is 11.1 Å². The minimum atomic E-state index is -3.59. The van der Waals surface area contributed by atoms with Gasteiger partial charge in [0.05, 0.1) is 12.4 Å². The lowest BCUT2D eigenvalue weighted by atomic mass is 10.2. The van der Waals surface area contributed by atoms with Gasteiger partial charge in [0.25, 0.3) is 10.0 Å². The predicted molar refractivity (Wildman–Crippen MR) is 70.1 cm³/mol. The third kappa shape index (κ3) is 2.02. The third-order valence-corrected chi connectivity index (χ3v) is 5.30. The first-order chi connectivity index (χ1) is 9.50. The summed E-state index contributed by atoms with van der Waals surface area (Å²) in [6.45, 7) is 0.483. The number of rotatable bonds is 3. The molecule has 2 aromatic rings. The van der Waals surface area contributed by atoms with E-state index >= 15 is 0 Å². The Hall–Kier alpha value is -1.74. The zero-order chi connectivity index (χ0) is 14.3. The molecule has 1 aliphatic rings. The molecule has 0 aromatic carbocycles. The van der Waals surface area contributed by atoms with Gasteiger partial charge in [0, 0.05) is 26.8 Å². The van der Waals surface area contributed by atoms with Crippen LogP contribution in [-0.2, 0) is 24.1 Å². The van der Waals surface area contributed by atoms with Gasteiger partial charge < -0.3 is 9.13 Å². The summed E-state index contributed by atoms with van der Waals surface area (Å²) in [4.78, 5) is 3.96. The summed E-state index contributed by atoms with van der Waals surface area (Å²) in [5.41, 5.74) is 0. The molecule has 2 aromatic heterocycles. The van der Waals surface area contributed by atoms with Crippen molar-refractivity contribution in [2.45, 2.75) is 23.9 Å². The highest BCUT2D eigenvalue weighted by Gasteiger charge is 2.39. The summed E-state index contributed by atoms with van der Waals surface area (Å²) in [7, 11) is -0.0247. The summed E-state index contributed by atoms with van der Waals surface area (Å²) in [5.74, 6) is 0.669. The molecule has 3 rings (SSSR count). The first-order valence-corrected chi connectivity index (χ1v) is 7.78. The molecule has 1 unspecified atom stereocenters. The van der Waals surface area contributed by atoms with Gasteiger partial charge in [0.1, 0.15) is 6.33 Å². The summed E-state index contributed by atoms with van der Waals surface area (Å²) in [6.07, 6.45) is 6.14. The quantitative estimate of drug-likeness (QED) is 0.800. The van der Waals surface area contributed by atoms with Crippen molar-refractivity contribution in [2.24, 2.45) is 14.1 Å². The lowest BCUT2D eigenvalue weighted by Gasteiger charge is -2.22. The number of sulfonamides is 1. The largest absolute Gasteiger partial charge is 0.339 e. The molecule has 1 saturated heterocycles. The first kappa shape index (κ1) is 13.3. The van der Waals surface area contributed by atoms with Crippen LogP contribution in [0.5, 0.6) is 0 Å². The number of nitrogens with zero attached hydrogens (tertiary/aromatic N) is 6. The van der Waals surface area contributed by atoms with Gasteiger partial charge in [-0.15, -0.1) is 10.2 Å². The zero-order valence-corrected chi connectivity index (χ0v) is 12.2. The average Bonchev–Trinajstić information content (AvgIpc) is 3.07. The van der Waals surface area contributed by atoms with Crippen molar-refractivity contribution in [3.05, 3.63) is 24.7 Å². The Balaban J connectivity index is 1.99. The predicted octanol–water partition coefficient (Wildman–Crippen LogP) is 0.0744. The fourth-order valence-corrected chi connectivity index (χ4v) is 4.15. The fourth-order valence-electron chi connectivity index (χ4n) is 2.52. The molecule has 0 bridgehead atoms. The van der Waals surface area contributed by atoms with Crippen molar-refractivity contribution < 1.29 is 8.42 Å².